The van der Waals surface area contributed by atoms with E-state index >= 15 is 0 Å². The van der Waals surface area contributed by atoms with E-state index in [1.54, 1.807) is 0 Å². The molecule has 1 nitrogen and oxygen atoms in total. The minimum Gasteiger partial charge on any atom is -0.393 e. The summed E-state index contributed by atoms with van der Waals surface area (Å²) < 4.78 is 0. The van der Waals surface area contributed by atoms with Crippen molar-refractivity contribution in [1.82, 2.24) is 0 Å². The lowest BCUT2D eigenvalue weighted by Gasteiger charge is -2.36. The molecule has 3 aliphatic rings. The first kappa shape index (κ1) is 11.1. The highest BCUT2D eigenvalue weighted by atomic mass is 16.3. The smallest absolute Gasteiger partial charge is 0.0599 e. The maximum atomic E-state index is 10.6. The minimum absolute atomic E-state index is 0.0399. The lowest BCUT2D eigenvalue weighted by Crippen LogP contribution is -2.35. The van der Waals surface area contributed by atoms with Crippen molar-refractivity contribution in [3.8, 4) is 0 Å². The average molecular weight is 222 g/mol. The van der Waals surface area contributed by atoms with E-state index in [0.29, 0.717) is 11.8 Å². The molecule has 0 amide bonds. The Morgan fingerprint density at radius 2 is 1.88 bits per heavy atom. The summed E-state index contributed by atoms with van der Waals surface area (Å²) in [7, 11) is 0. The molecule has 3 saturated carbocycles. The van der Waals surface area contributed by atoms with Crippen LogP contribution in [-0.4, -0.2) is 11.2 Å². The molecule has 0 heterocycles. The maximum Gasteiger partial charge on any atom is 0.0599 e. The lowest BCUT2D eigenvalue weighted by atomic mass is 9.72. The van der Waals surface area contributed by atoms with E-state index in [1.807, 2.05) is 0 Å². The molecule has 16 heavy (non-hydrogen) atoms. The van der Waals surface area contributed by atoms with Crippen molar-refractivity contribution in [2.45, 2.75) is 64.4 Å². The van der Waals surface area contributed by atoms with E-state index in [4.69, 9.17) is 0 Å². The molecule has 2 bridgehead atoms. The van der Waals surface area contributed by atoms with Gasteiger partial charge in [-0.3, -0.25) is 0 Å². The predicted molar refractivity (Wildman–Crippen MR) is 66.1 cm³/mol. The van der Waals surface area contributed by atoms with E-state index < -0.39 is 0 Å². The van der Waals surface area contributed by atoms with Gasteiger partial charge in [-0.15, -0.1) is 0 Å². The molecule has 0 aromatic rings. The summed E-state index contributed by atoms with van der Waals surface area (Å²) in [5.41, 5.74) is 0. The average Bonchev–Trinajstić information content (AvgIpc) is 2.89. The second-order valence-electron chi connectivity index (χ2n) is 6.86. The topological polar surface area (TPSA) is 20.2 Å². The monoisotopic (exact) mass is 222 g/mol. The zero-order valence-corrected chi connectivity index (χ0v) is 10.6. The Kier molecular flexibility index (Phi) is 2.99. The summed E-state index contributed by atoms with van der Waals surface area (Å²) in [5.74, 6) is 4.03. The molecule has 0 aliphatic heterocycles. The van der Waals surface area contributed by atoms with Crippen LogP contribution >= 0.6 is 0 Å². The molecule has 1 N–H and O–H groups in total. The van der Waals surface area contributed by atoms with Crippen LogP contribution in [0.2, 0.25) is 0 Å². The number of fused-ring (bicyclic) bond motifs is 2. The molecular weight excluding hydrogens is 196 g/mol. The van der Waals surface area contributed by atoms with E-state index in [0.717, 1.165) is 17.8 Å². The minimum atomic E-state index is 0.0399. The van der Waals surface area contributed by atoms with Crippen molar-refractivity contribution in [3.63, 3.8) is 0 Å². The van der Waals surface area contributed by atoms with Crippen LogP contribution < -0.4 is 0 Å². The maximum absolute atomic E-state index is 10.6. The second-order valence-corrected chi connectivity index (χ2v) is 6.86. The van der Waals surface area contributed by atoms with E-state index in [2.05, 4.69) is 6.92 Å². The van der Waals surface area contributed by atoms with Crippen LogP contribution in [0, 0.1) is 29.6 Å². The molecule has 6 atom stereocenters. The third-order valence-electron chi connectivity index (χ3n) is 5.69. The third-order valence-corrected chi connectivity index (χ3v) is 5.69. The van der Waals surface area contributed by atoms with Gasteiger partial charge in [-0.1, -0.05) is 26.2 Å². The van der Waals surface area contributed by atoms with Crippen molar-refractivity contribution in [3.05, 3.63) is 0 Å². The fourth-order valence-corrected chi connectivity index (χ4v) is 4.85. The van der Waals surface area contributed by atoms with Crippen LogP contribution in [0.15, 0.2) is 0 Å². The highest BCUT2D eigenvalue weighted by Gasteiger charge is 2.44. The lowest BCUT2D eigenvalue weighted by molar-refractivity contribution is 0.00352. The molecular formula is C15H26O. The van der Waals surface area contributed by atoms with Crippen LogP contribution in [0.25, 0.3) is 0 Å². The van der Waals surface area contributed by atoms with Crippen molar-refractivity contribution >= 4 is 0 Å². The summed E-state index contributed by atoms with van der Waals surface area (Å²) in [6.07, 6.45) is 11.0. The summed E-state index contributed by atoms with van der Waals surface area (Å²) in [6, 6.07) is 0. The van der Waals surface area contributed by atoms with Crippen LogP contribution in [-0.2, 0) is 0 Å². The summed E-state index contributed by atoms with van der Waals surface area (Å²) >= 11 is 0. The molecule has 6 unspecified atom stereocenters. The number of aliphatic hydroxyl groups is 1. The van der Waals surface area contributed by atoms with Crippen molar-refractivity contribution in [2.24, 2.45) is 29.6 Å². The Morgan fingerprint density at radius 1 is 1.00 bits per heavy atom. The molecule has 0 aromatic heterocycles. The van der Waals surface area contributed by atoms with Gasteiger partial charge in [-0.05, 0) is 61.7 Å². The molecule has 3 aliphatic carbocycles. The Bertz CT molecular complexity index is 250. The predicted octanol–water partition coefficient (Wildman–Crippen LogP) is 3.61. The first-order valence-corrected chi connectivity index (χ1v) is 7.42. The standard InChI is InChI=1S/C15H26O/c1-10-3-2-4-13(7-10)15(16)14-9-11-5-6-12(14)8-11/h10-16H,2-9H2,1H3. The van der Waals surface area contributed by atoms with Gasteiger partial charge in [0.15, 0.2) is 0 Å². The van der Waals surface area contributed by atoms with Crippen molar-refractivity contribution < 1.29 is 5.11 Å². The fraction of sp³-hybridized carbons (Fsp3) is 1.00. The number of rotatable bonds is 2. The normalized spacial score (nSPS) is 49.5. The summed E-state index contributed by atoms with van der Waals surface area (Å²) in [4.78, 5) is 0. The molecule has 0 spiro atoms. The Hall–Kier alpha value is -0.0400. The van der Waals surface area contributed by atoms with Crippen LogP contribution in [0.4, 0.5) is 0 Å². The van der Waals surface area contributed by atoms with Gasteiger partial charge in [0, 0.05) is 0 Å². The van der Waals surface area contributed by atoms with Gasteiger partial charge in [-0.25, -0.2) is 0 Å². The molecule has 92 valence electrons. The fourth-order valence-electron chi connectivity index (χ4n) is 4.85. The van der Waals surface area contributed by atoms with Gasteiger partial charge in [0.2, 0.25) is 0 Å². The van der Waals surface area contributed by atoms with Gasteiger partial charge in [0.05, 0.1) is 6.10 Å². The zero-order valence-electron chi connectivity index (χ0n) is 10.6. The Labute approximate surface area is 99.6 Å². The number of aliphatic hydroxyl groups excluding tert-OH is 1. The Morgan fingerprint density at radius 3 is 2.50 bits per heavy atom. The Balaban J connectivity index is 1.61. The van der Waals surface area contributed by atoms with Crippen LogP contribution in [0.3, 0.4) is 0 Å². The highest BCUT2D eigenvalue weighted by Crippen LogP contribution is 2.51. The third kappa shape index (κ3) is 1.92. The van der Waals surface area contributed by atoms with E-state index in [1.165, 1.54) is 51.4 Å². The van der Waals surface area contributed by atoms with Gasteiger partial charge >= 0.3 is 0 Å². The van der Waals surface area contributed by atoms with Crippen molar-refractivity contribution in [2.75, 3.05) is 0 Å². The highest BCUT2D eigenvalue weighted by molar-refractivity contribution is 4.95. The molecule has 0 radical (unpaired) electrons. The summed E-state index contributed by atoms with van der Waals surface area (Å²) in [6.45, 7) is 2.36. The quantitative estimate of drug-likeness (QED) is 0.756. The number of hydrogen-bond acceptors (Lipinski definition) is 1. The van der Waals surface area contributed by atoms with Gasteiger partial charge in [0.25, 0.3) is 0 Å². The SMILES string of the molecule is CC1CCCC(C(O)C2CC3CCC2C3)C1. The van der Waals surface area contributed by atoms with Gasteiger partial charge in [-0.2, -0.15) is 0 Å². The molecule has 3 fully saturated rings. The first-order valence-electron chi connectivity index (χ1n) is 7.42. The van der Waals surface area contributed by atoms with Crippen LogP contribution in [0.5, 0.6) is 0 Å². The molecule has 0 saturated heterocycles. The molecule has 0 aromatic carbocycles. The van der Waals surface area contributed by atoms with E-state index in [-0.39, 0.29) is 6.10 Å². The molecule has 3 rings (SSSR count). The second kappa shape index (κ2) is 4.33. The zero-order chi connectivity index (χ0) is 11.1. The van der Waals surface area contributed by atoms with Gasteiger partial charge in [0.1, 0.15) is 0 Å². The van der Waals surface area contributed by atoms with E-state index in [9.17, 15) is 5.11 Å². The van der Waals surface area contributed by atoms with Gasteiger partial charge < -0.3 is 5.11 Å². The number of hydrogen-bond donors (Lipinski definition) is 1. The van der Waals surface area contributed by atoms with Crippen LogP contribution in [0.1, 0.15) is 58.3 Å². The largest absolute Gasteiger partial charge is 0.393 e. The van der Waals surface area contributed by atoms with Crippen molar-refractivity contribution in [1.29, 1.82) is 0 Å². The molecule has 1 heteroatoms. The summed E-state index contributed by atoms with van der Waals surface area (Å²) in [5, 5.41) is 10.6. The first-order chi connectivity index (χ1) is 7.74.